The number of benzene rings is 2. The van der Waals surface area contributed by atoms with Crippen molar-refractivity contribution in [3.8, 4) is 6.07 Å². The first-order valence-electron chi connectivity index (χ1n) is 8.98. The number of aryl methyl sites for hydroxylation is 1. The van der Waals surface area contributed by atoms with E-state index in [-0.39, 0.29) is 18.3 Å². The summed E-state index contributed by atoms with van der Waals surface area (Å²) in [5, 5.41) is 9.96. The van der Waals surface area contributed by atoms with Crippen LogP contribution in [0, 0.1) is 24.2 Å². The fourth-order valence-corrected chi connectivity index (χ4v) is 4.28. The van der Waals surface area contributed by atoms with Crippen molar-refractivity contribution < 1.29 is 13.7 Å². The monoisotopic (exact) mass is 383 g/mol. The van der Waals surface area contributed by atoms with E-state index in [9.17, 15) is 14.3 Å². The Bertz CT molecular complexity index is 870. The number of carbonyl (C=O) groups is 1. The van der Waals surface area contributed by atoms with Gasteiger partial charge in [-0.2, -0.15) is 5.26 Å². The van der Waals surface area contributed by atoms with Crippen LogP contribution in [0.25, 0.3) is 0 Å². The summed E-state index contributed by atoms with van der Waals surface area (Å²) < 4.78 is 18.2. The molecule has 0 fully saturated rings. The van der Waals surface area contributed by atoms with E-state index in [1.165, 1.54) is 0 Å². The first-order chi connectivity index (χ1) is 12.8. The first-order valence-corrected chi connectivity index (χ1v) is 10.1. The Morgan fingerprint density at radius 2 is 1.85 bits per heavy atom. The molecule has 2 aromatic carbocycles. The van der Waals surface area contributed by atoms with E-state index in [0.29, 0.717) is 22.0 Å². The van der Waals surface area contributed by atoms with Crippen LogP contribution in [-0.4, -0.2) is 16.8 Å². The summed E-state index contributed by atoms with van der Waals surface area (Å²) in [7, 11) is -1.41. The van der Waals surface area contributed by atoms with Gasteiger partial charge in [-0.15, -0.1) is 0 Å². The lowest BCUT2D eigenvalue weighted by Crippen LogP contribution is -2.32. The number of ether oxygens (including phenoxy) is 1. The minimum absolute atomic E-state index is 0.128. The van der Waals surface area contributed by atoms with Crippen molar-refractivity contribution in [2.24, 2.45) is 5.92 Å². The van der Waals surface area contributed by atoms with Crippen LogP contribution >= 0.6 is 0 Å². The summed E-state index contributed by atoms with van der Waals surface area (Å²) in [6.07, 6.45) is 0.128. The van der Waals surface area contributed by atoms with Crippen molar-refractivity contribution in [3.05, 3.63) is 59.7 Å². The molecule has 27 heavy (non-hydrogen) atoms. The molecule has 0 heterocycles. The van der Waals surface area contributed by atoms with Gasteiger partial charge in [-0.05, 0) is 50.5 Å². The van der Waals surface area contributed by atoms with Gasteiger partial charge in [0.15, 0.2) is 0 Å². The topological polar surface area (TPSA) is 67.2 Å². The lowest BCUT2D eigenvalue weighted by molar-refractivity contribution is -0.144. The average Bonchev–Trinajstić information content (AvgIpc) is 2.67. The molecule has 2 rings (SSSR count). The predicted octanol–water partition coefficient (Wildman–Crippen LogP) is 4.53. The Labute approximate surface area is 163 Å². The number of nitriles is 1. The average molecular weight is 384 g/mol. The molecule has 0 saturated heterocycles. The number of hydrogen-bond donors (Lipinski definition) is 0. The third-order valence-electron chi connectivity index (χ3n) is 4.88. The molecular weight excluding hydrogens is 358 g/mol. The zero-order valence-electron chi connectivity index (χ0n) is 16.2. The molecule has 0 bridgehead atoms. The number of nitrogens with zero attached hydrogens (tertiary/aromatic N) is 1. The Hall–Kier alpha value is -2.45. The van der Waals surface area contributed by atoms with E-state index in [0.717, 1.165) is 5.56 Å². The summed E-state index contributed by atoms with van der Waals surface area (Å²) in [6.45, 7) is 7.69. The van der Waals surface area contributed by atoms with Crippen molar-refractivity contribution in [1.82, 2.24) is 0 Å². The quantitative estimate of drug-likeness (QED) is 0.659. The predicted molar refractivity (Wildman–Crippen MR) is 106 cm³/mol. The molecule has 4 nitrogen and oxygen atoms in total. The van der Waals surface area contributed by atoms with Gasteiger partial charge in [0.25, 0.3) is 0 Å². The van der Waals surface area contributed by atoms with Gasteiger partial charge in [-0.25, -0.2) is 4.21 Å². The highest BCUT2D eigenvalue weighted by atomic mass is 32.2. The van der Waals surface area contributed by atoms with Crippen molar-refractivity contribution in [2.75, 3.05) is 6.61 Å². The Balaban J connectivity index is 2.45. The highest BCUT2D eigenvalue weighted by molar-refractivity contribution is 7.85. The molecule has 0 aliphatic rings. The van der Waals surface area contributed by atoms with Crippen molar-refractivity contribution >= 4 is 16.8 Å². The lowest BCUT2D eigenvalue weighted by atomic mass is 9.72. The molecule has 0 spiro atoms. The molecule has 0 radical (unpaired) electrons. The molecule has 0 aliphatic carbocycles. The van der Waals surface area contributed by atoms with E-state index < -0.39 is 16.2 Å². The highest BCUT2D eigenvalue weighted by Gasteiger charge is 2.37. The van der Waals surface area contributed by atoms with E-state index in [4.69, 9.17) is 4.74 Å². The van der Waals surface area contributed by atoms with Gasteiger partial charge >= 0.3 is 5.97 Å². The SMILES string of the molecule is CCOC(=O)C[C@H](C)[C@@](C)(C#N)c1ccccc1[S@@](=O)c1ccc(C)cc1. The van der Waals surface area contributed by atoms with Gasteiger partial charge in [0.05, 0.1) is 28.9 Å². The summed E-state index contributed by atoms with van der Waals surface area (Å²) in [6, 6.07) is 17.1. The fraction of sp³-hybridized carbons (Fsp3) is 0.364. The molecule has 0 unspecified atom stereocenters. The molecule has 0 saturated carbocycles. The first kappa shape index (κ1) is 20.9. The molecule has 0 N–H and O–H groups in total. The number of rotatable bonds is 7. The maximum atomic E-state index is 13.2. The van der Waals surface area contributed by atoms with E-state index in [1.807, 2.05) is 56.3 Å². The lowest BCUT2D eigenvalue weighted by Gasteiger charge is -2.30. The van der Waals surface area contributed by atoms with Gasteiger partial charge in [0.2, 0.25) is 0 Å². The second kappa shape index (κ2) is 8.96. The molecule has 0 aliphatic heterocycles. The third kappa shape index (κ3) is 4.64. The summed E-state index contributed by atoms with van der Waals surface area (Å²) in [4.78, 5) is 13.2. The maximum Gasteiger partial charge on any atom is 0.306 e. The highest BCUT2D eigenvalue weighted by Crippen LogP contribution is 2.38. The molecule has 142 valence electrons. The molecular formula is C22H25NO3S. The minimum Gasteiger partial charge on any atom is -0.466 e. The fourth-order valence-electron chi connectivity index (χ4n) is 2.96. The van der Waals surface area contributed by atoms with Gasteiger partial charge in [0.1, 0.15) is 0 Å². The van der Waals surface area contributed by atoms with E-state index in [2.05, 4.69) is 6.07 Å². The Morgan fingerprint density at radius 3 is 2.44 bits per heavy atom. The van der Waals surface area contributed by atoms with Gasteiger partial charge in [-0.3, -0.25) is 4.79 Å². The molecule has 5 heteroatoms. The summed E-state index contributed by atoms with van der Waals surface area (Å²) in [5.41, 5.74) is 0.807. The van der Waals surface area contributed by atoms with Crippen LogP contribution in [-0.2, 0) is 25.7 Å². The second-order valence-electron chi connectivity index (χ2n) is 6.80. The van der Waals surface area contributed by atoms with Crippen LogP contribution in [0.3, 0.4) is 0 Å². The summed E-state index contributed by atoms with van der Waals surface area (Å²) >= 11 is 0. The zero-order chi connectivity index (χ0) is 20.0. The zero-order valence-corrected chi connectivity index (χ0v) is 17.0. The molecule has 0 amide bonds. The van der Waals surface area contributed by atoms with Crippen LogP contribution in [0.4, 0.5) is 0 Å². The molecule has 3 atom stereocenters. The second-order valence-corrected chi connectivity index (χ2v) is 8.25. The van der Waals surface area contributed by atoms with Crippen LogP contribution in [0.1, 0.15) is 38.3 Å². The largest absolute Gasteiger partial charge is 0.466 e. The minimum atomic E-state index is -1.41. The molecule has 2 aromatic rings. The normalized spacial score (nSPS) is 15.2. The Kier molecular flexibility index (Phi) is 6.92. The van der Waals surface area contributed by atoms with Gasteiger partial charge in [0, 0.05) is 16.2 Å². The van der Waals surface area contributed by atoms with Crippen LogP contribution in [0.2, 0.25) is 0 Å². The van der Waals surface area contributed by atoms with E-state index in [1.54, 1.807) is 19.9 Å². The van der Waals surface area contributed by atoms with Gasteiger partial charge < -0.3 is 4.74 Å². The maximum absolute atomic E-state index is 13.2. The Morgan fingerprint density at radius 1 is 1.22 bits per heavy atom. The smallest absolute Gasteiger partial charge is 0.306 e. The number of esters is 1. The number of carbonyl (C=O) groups excluding carboxylic acids is 1. The van der Waals surface area contributed by atoms with Crippen molar-refractivity contribution in [2.45, 2.75) is 49.3 Å². The third-order valence-corrected chi connectivity index (χ3v) is 6.33. The number of hydrogen-bond acceptors (Lipinski definition) is 4. The van der Waals surface area contributed by atoms with E-state index >= 15 is 0 Å². The van der Waals surface area contributed by atoms with Crippen LogP contribution < -0.4 is 0 Å². The van der Waals surface area contributed by atoms with Crippen LogP contribution in [0.5, 0.6) is 0 Å². The van der Waals surface area contributed by atoms with Crippen LogP contribution in [0.15, 0.2) is 58.3 Å². The van der Waals surface area contributed by atoms with Crippen molar-refractivity contribution in [3.63, 3.8) is 0 Å². The molecule has 0 aromatic heterocycles. The van der Waals surface area contributed by atoms with Crippen molar-refractivity contribution in [1.29, 1.82) is 5.26 Å². The summed E-state index contributed by atoms with van der Waals surface area (Å²) in [5.74, 6) is -0.624. The standard InChI is InChI=1S/C22H25NO3S/c1-5-26-21(24)14-17(3)22(4,15-23)19-8-6-7-9-20(19)27(25)18-12-10-16(2)11-13-18/h6-13,17H,5,14H2,1-4H3/t17-,22+,27-/m0/s1. The van der Waals surface area contributed by atoms with Gasteiger partial charge in [-0.1, -0.05) is 42.8 Å².